The van der Waals surface area contributed by atoms with Crippen LogP contribution in [0.15, 0.2) is 24.4 Å². The molecule has 0 aliphatic carbocycles. The Morgan fingerprint density at radius 2 is 2.42 bits per heavy atom. The van der Waals surface area contributed by atoms with Crippen molar-refractivity contribution in [1.29, 1.82) is 0 Å². The fourth-order valence-corrected chi connectivity index (χ4v) is 0.808. The Hall–Kier alpha value is -1.49. The fourth-order valence-electron chi connectivity index (χ4n) is 0.808. The maximum Gasteiger partial charge on any atom is 0.235 e. The summed E-state index contributed by atoms with van der Waals surface area (Å²) >= 11 is 0. The standard InChI is InChI=1S/C7H8N2O3/c10-7(5-9(11)12)6-3-1-2-4-8-6/h1-4,7,10H,5H2. The molecule has 12 heavy (non-hydrogen) atoms. The van der Waals surface area contributed by atoms with Crippen LogP contribution in [-0.2, 0) is 0 Å². The van der Waals surface area contributed by atoms with E-state index in [1.807, 2.05) is 0 Å². The van der Waals surface area contributed by atoms with Gasteiger partial charge in [-0.3, -0.25) is 15.1 Å². The number of hydrogen-bond donors (Lipinski definition) is 1. The SMILES string of the molecule is O=[N+]([O-])CC(O)c1ccccn1. The van der Waals surface area contributed by atoms with Crippen LogP contribution < -0.4 is 0 Å². The number of rotatable bonds is 3. The molecule has 0 saturated carbocycles. The Balaban J connectivity index is 2.65. The maximum atomic E-state index is 10.0. The quantitative estimate of drug-likeness (QED) is 0.523. The first-order valence-electron chi connectivity index (χ1n) is 3.41. The van der Waals surface area contributed by atoms with Gasteiger partial charge < -0.3 is 5.11 Å². The van der Waals surface area contributed by atoms with E-state index in [0.29, 0.717) is 5.69 Å². The summed E-state index contributed by atoms with van der Waals surface area (Å²) in [5.74, 6) is 0. The average Bonchev–Trinajstić information content (AvgIpc) is 2.05. The lowest BCUT2D eigenvalue weighted by Gasteiger charge is -2.03. The van der Waals surface area contributed by atoms with Crippen LogP contribution in [0.1, 0.15) is 11.8 Å². The van der Waals surface area contributed by atoms with E-state index >= 15 is 0 Å². The van der Waals surface area contributed by atoms with Crippen molar-refractivity contribution in [2.24, 2.45) is 0 Å². The van der Waals surface area contributed by atoms with Gasteiger partial charge in [0.2, 0.25) is 6.54 Å². The summed E-state index contributed by atoms with van der Waals surface area (Å²) in [5.41, 5.74) is 0.328. The van der Waals surface area contributed by atoms with Crippen LogP contribution in [0.5, 0.6) is 0 Å². The van der Waals surface area contributed by atoms with E-state index < -0.39 is 17.6 Å². The number of aromatic nitrogens is 1. The minimum atomic E-state index is -1.11. The highest BCUT2D eigenvalue weighted by Gasteiger charge is 2.14. The number of aliphatic hydroxyl groups is 1. The second-order valence-electron chi connectivity index (χ2n) is 2.29. The van der Waals surface area contributed by atoms with Crippen molar-refractivity contribution < 1.29 is 10.0 Å². The lowest BCUT2D eigenvalue weighted by atomic mass is 10.2. The van der Waals surface area contributed by atoms with Gasteiger partial charge in [-0.1, -0.05) is 6.07 Å². The van der Waals surface area contributed by atoms with Crippen molar-refractivity contribution in [2.75, 3.05) is 6.54 Å². The Bertz CT molecular complexity index is 263. The third-order valence-corrected chi connectivity index (χ3v) is 1.35. The molecule has 0 fully saturated rings. The van der Waals surface area contributed by atoms with E-state index in [0.717, 1.165) is 0 Å². The Kier molecular flexibility index (Phi) is 2.71. The first kappa shape index (κ1) is 8.61. The predicted octanol–water partition coefficient (Wildman–Crippen LogP) is 0.392. The first-order chi connectivity index (χ1) is 5.70. The molecule has 0 aromatic carbocycles. The smallest absolute Gasteiger partial charge is 0.235 e. The lowest BCUT2D eigenvalue weighted by Crippen LogP contribution is -2.12. The molecular weight excluding hydrogens is 160 g/mol. The Morgan fingerprint density at radius 3 is 2.92 bits per heavy atom. The van der Waals surface area contributed by atoms with Crippen molar-refractivity contribution >= 4 is 0 Å². The molecule has 1 N–H and O–H groups in total. The van der Waals surface area contributed by atoms with E-state index in [9.17, 15) is 15.2 Å². The number of pyridine rings is 1. The molecule has 1 aromatic heterocycles. The number of nitro groups is 1. The van der Waals surface area contributed by atoms with Crippen LogP contribution in [0.2, 0.25) is 0 Å². The molecule has 0 spiro atoms. The summed E-state index contributed by atoms with van der Waals surface area (Å²) in [6.07, 6.45) is 0.375. The largest absolute Gasteiger partial charge is 0.380 e. The van der Waals surface area contributed by atoms with Gasteiger partial charge in [-0.2, -0.15) is 0 Å². The molecule has 0 bridgehead atoms. The number of aliphatic hydroxyl groups excluding tert-OH is 1. The minimum Gasteiger partial charge on any atom is -0.380 e. The van der Waals surface area contributed by atoms with E-state index in [-0.39, 0.29) is 0 Å². The number of hydrogen-bond acceptors (Lipinski definition) is 4. The molecular formula is C7H8N2O3. The predicted molar refractivity (Wildman–Crippen MR) is 41.1 cm³/mol. The molecule has 0 amide bonds. The van der Waals surface area contributed by atoms with Gasteiger partial charge in [0.15, 0.2) is 6.10 Å². The van der Waals surface area contributed by atoms with Gasteiger partial charge >= 0.3 is 0 Å². The molecule has 0 radical (unpaired) electrons. The topological polar surface area (TPSA) is 76.3 Å². The van der Waals surface area contributed by atoms with Crippen molar-refractivity contribution in [3.63, 3.8) is 0 Å². The molecule has 1 rings (SSSR count). The molecule has 1 heterocycles. The van der Waals surface area contributed by atoms with Gasteiger partial charge in [0.25, 0.3) is 0 Å². The van der Waals surface area contributed by atoms with Crippen LogP contribution in [0, 0.1) is 10.1 Å². The van der Waals surface area contributed by atoms with Crippen molar-refractivity contribution in [1.82, 2.24) is 4.98 Å². The van der Waals surface area contributed by atoms with Crippen molar-refractivity contribution in [2.45, 2.75) is 6.10 Å². The van der Waals surface area contributed by atoms with E-state index in [2.05, 4.69) is 4.98 Å². The van der Waals surface area contributed by atoms with Crippen molar-refractivity contribution in [3.05, 3.63) is 40.2 Å². The molecule has 1 atom stereocenters. The highest BCUT2D eigenvalue weighted by atomic mass is 16.6. The van der Waals surface area contributed by atoms with Crippen LogP contribution in [-0.4, -0.2) is 21.6 Å². The van der Waals surface area contributed by atoms with Crippen LogP contribution in [0.3, 0.4) is 0 Å². The highest BCUT2D eigenvalue weighted by Crippen LogP contribution is 2.07. The van der Waals surface area contributed by atoms with Gasteiger partial charge in [-0.25, -0.2) is 0 Å². The van der Waals surface area contributed by atoms with Gasteiger partial charge in [0.05, 0.1) is 5.69 Å². The maximum absolute atomic E-state index is 10.0. The zero-order valence-corrected chi connectivity index (χ0v) is 6.25. The third-order valence-electron chi connectivity index (χ3n) is 1.35. The summed E-state index contributed by atoms with van der Waals surface area (Å²) in [6, 6.07) is 4.90. The van der Waals surface area contributed by atoms with E-state index in [1.54, 1.807) is 18.2 Å². The molecule has 5 nitrogen and oxygen atoms in total. The highest BCUT2D eigenvalue weighted by molar-refractivity contribution is 5.06. The zero-order valence-electron chi connectivity index (χ0n) is 6.25. The van der Waals surface area contributed by atoms with Gasteiger partial charge in [0.1, 0.15) is 0 Å². The van der Waals surface area contributed by atoms with Gasteiger partial charge in [-0.05, 0) is 12.1 Å². The summed E-state index contributed by atoms with van der Waals surface area (Å²) in [6.45, 7) is -0.503. The molecule has 5 heteroatoms. The second kappa shape index (κ2) is 3.77. The summed E-state index contributed by atoms with van der Waals surface area (Å²) < 4.78 is 0. The Morgan fingerprint density at radius 1 is 1.67 bits per heavy atom. The monoisotopic (exact) mass is 168 g/mol. The molecule has 0 aliphatic heterocycles. The summed E-state index contributed by atoms with van der Waals surface area (Å²) in [7, 11) is 0. The minimum absolute atomic E-state index is 0.328. The molecule has 0 saturated heterocycles. The normalized spacial score (nSPS) is 12.4. The zero-order chi connectivity index (χ0) is 8.97. The van der Waals surface area contributed by atoms with E-state index in [1.165, 1.54) is 6.20 Å². The fraction of sp³-hybridized carbons (Fsp3) is 0.286. The van der Waals surface area contributed by atoms with Crippen LogP contribution in [0.4, 0.5) is 0 Å². The number of nitrogens with zero attached hydrogens (tertiary/aromatic N) is 2. The Labute approximate surface area is 68.8 Å². The third kappa shape index (κ3) is 2.28. The van der Waals surface area contributed by atoms with Gasteiger partial charge in [-0.15, -0.1) is 0 Å². The average molecular weight is 168 g/mol. The first-order valence-corrected chi connectivity index (χ1v) is 3.41. The molecule has 1 aromatic rings. The van der Waals surface area contributed by atoms with Gasteiger partial charge in [0, 0.05) is 11.1 Å². The second-order valence-corrected chi connectivity index (χ2v) is 2.29. The molecule has 0 aliphatic rings. The lowest BCUT2D eigenvalue weighted by molar-refractivity contribution is -0.491. The van der Waals surface area contributed by atoms with Crippen LogP contribution in [0.25, 0.3) is 0 Å². The molecule has 64 valence electrons. The van der Waals surface area contributed by atoms with E-state index in [4.69, 9.17) is 0 Å². The van der Waals surface area contributed by atoms with Crippen molar-refractivity contribution in [3.8, 4) is 0 Å². The van der Waals surface area contributed by atoms with Crippen LogP contribution >= 0.6 is 0 Å². The summed E-state index contributed by atoms with van der Waals surface area (Å²) in [5, 5.41) is 19.2. The summed E-state index contributed by atoms with van der Waals surface area (Å²) in [4.78, 5) is 13.2. The molecule has 1 unspecified atom stereocenters.